The summed E-state index contributed by atoms with van der Waals surface area (Å²) in [6, 6.07) is 10.6. The monoisotopic (exact) mass is 345 g/mol. The minimum Gasteiger partial charge on any atom is -0.375 e. The standard InChI is InChI=1S/C23H23NO2/c1-6-12(2)18-20-17-14(19-21(24-20)23(19,25)26-5)11-10-13-8-7-9-15(16(13)17)22(18,3)4/h6-11,19,21,24-25H,1-2H2,3-5H3. The van der Waals surface area contributed by atoms with E-state index in [4.69, 9.17) is 4.74 Å². The van der Waals surface area contributed by atoms with Gasteiger partial charge in [-0.25, -0.2) is 0 Å². The molecule has 1 heterocycles. The highest BCUT2D eigenvalue weighted by atomic mass is 16.6. The van der Waals surface area contributed by atoms with Crippen LogP contribution in [0.1, 0.15) is 36.5 Å². The third-order valence-electron chi connectivity index (χ3n) is 6.52. The van der Waals surface area contributed by atoms with Gasteiger partial charge in [-0.1, -0.05) is 63.4 Å². The van der Waals surface area contributed by atoms with Crippen molar-refractivity contribution in [1.82, 2.24) is 5.32 Å². The van der Waals surface area contributed by atoms with Gasteiger partial charge in [-0.3, -0.25) is 0 Å². The summed E-state index contributed by atoms with van der Waals surface area (Å²) in [4.78, 5) is 0. The molecular formula is C23H23NO2. The normalized spacial score (nSPS) is 29.8. The number of allylic oxidation sites excluding steroid dienone is 3. The molecule has 132 valence electrons. The highest BCUT2D eigenvalue weighted by Gasteiger charge is 2.69. The largest absolute Gasteiger partial charge is 0.375 e. The lowest BCUT2D eigenvalue weighted by Gasteiger charge is -2.40. The number of methoxy groups -OCH3 is 1. The smallest absolute Gasteiger partial charge is 0.195 e. The van der Waals surface area contributed by atoms with Crippen LogP contribution in [0.2, 0.25) is 0 Å². The lowest BCUT2D eigenvalue weighted by Crippen LogP contribution is -2.35. The van der Waals surface area contributed by atoms with Crippen molar-refractivity contribution in [2.45, 2.75) is 37.0 Å². The Morgan fingerprint density at radius 1 is 1.27 bits per heavy atom. The van der Waals surface area contributed by atoms with Crippen molar-refractivity contribution in [3.63, 3.8) is 0 Å². The van der Waals surface area contributed by atoms with E-state index in [0.29, 0.717) is 0 Å². The van der Waals surface area contributed by atoms with Crippen LogP contribution in [-0.4, -0.2) is 24.0 Å². The van der Waals surface area contributed by atoms with Crippen molar-refractivity contribution in [2.75, 3.05) is 7.11 Å². The molecular weight excluding hydrogens is 322 g/mol. The molecule has 3 nitrogen and oxygen atoms in total. The number of nitrogens with one attached hydrogen (secondary N) is 1. The van der Waals surface area contributed by atoms with E-state index in [-0.39, 0.29) is 17.4 Å². The molecule has 0 aromatic heterocycles. The van der Waals surface area contributed by atoms with Crippen molar-refractivity contribution in [1.29, 1.82) is 0 Å². The van der Waals surface area contributed by atoms with Crippen LogP contribution in [0.15, 0.2) is 60.7 Å². The van der Waals surface area contributed by atoms with Crippen molar-refractivity contribution in [2.24, 2.45) is 0 Å². The molecule has 1 fully saturated rings. The first-order valence-electron chi connectivity index (χ1n) is 9.03. The molecule has 1 aliphatic heterocycles. The fraction of sp³-hybridized carbons (Fsp3) is 0.304. The van der Waals surface area contributed by atoms with Crippen molar-refractivity contribution >= 4 is 16.5 Å². The zero-order valence-electron chi connectivity index (χ0n) is 15.4. The Kier molecular flexibility index (Phi) is 2.85. The van der Waals surface area contributed by atoms with Crippen LogP contribution in [0.5, 0.6) is 0 Å². The lowest BCUT2D eigenvalue weighted by molar-refractivity contribution is -0.110. The average Bonchev–Trinajstić information content (AvgIpc) is 3.24. The number of ether oxygens (including phenoxy) is 1. The Morgan fingerprint density at radius 2 is 2.04 bits per heavy atom. The highest BCUT2D eigenvalue weighted by Crippen LogP contribution is 2.61. The maximum Gasteiger partial charge on any atom is 0.195 e. The Hall–Kier alpha value is -2.36. The molecule has 3 aliphatic rings. The molecule has 2 aliphatic carbocycles. The van der Waals surface area contributed by atoms with E-state index >= 15 is 0 Å². The Labute approximate surface area is 153 Å². The third-order valence-corrected chi connectivity index (χ3v) is 6.52. The van der Waals surface area contributed by atoms with Crippen LogP contribution in [0.3, 0.4) is 0 Å². The number of hydrogen-bond acceptors (Lipinski definition) is 3. The van der Waals surface area contributed by atoms with Gasteiger partial charge in [0.15, 0.2) is 5.79 Å². The molecule has 1 saturated carbocycles. The molecule has 0 bridgehead atoms. The van der Waals surface area contributed by atoms with Gasteiger partial charge in [-0.2, -0.15) is 0 Å². The Bertz CT molecular complexity index is 1050. The summed E-state index contributed by atoms with van der Waals surface area (Å²) < 4.78 is 5.48. The van der Waals surface area contributed by atoms with E-state index in [1.807, 2.05) is 6.08 Å². The topological polar surface area (TPSA) is 41.5 Å². The van der Waals surface area contributed by atoms with Crippen LogP contribution in [0, 0.1) is 0 Å². The third kappa shape index (κ3) is 1.61. The number of fused-ring (bicyclic) bond motifs is 2. The quantitative estimate of drug-likeness (QED) is 0.653. The van der Waals surface area contributed by atoms with E-state index in [9.17, 15) is 5.11 Å². The number of benzene rings is 2. The predicted molar refractivity (Wildman–Crippen MR) is 105 cm³/mol. The van der Waals surface area contributed by atoms with Crippen LogP contribution in [-0.2, 0) is 10.2 Å². The van der Waals surface area contributed by atoms with Gasteiger partial charge in [0.05, 0.1) is 12.0 Å². The summed E-state index contributed by atoms with van der Waals surface area (Å²) in [5.41, 5.74) is 6.52. The Morgan fingerprint density at radius 3 is 2.73 bits per heavy atom. The first-order chi connectivity index (χ1) is 12.4. The maximum atomic E-state index is 10.9. The lowest BCUT2D eigenvalue weighted by atomic mass is 9.66. The number of aliphatic hydroxyl groups is 1. The van der Waals surface area contributed by atoms with Gasteiger partial charge in [0.2, 0.25) is 0 Å². The Balaban J connectivity index is 1.94. The van der Waals surface area contributed by atoms with E-state index < -0.39 is 5.79 Å². The minimum absolute atomic E-state index is 0.0526. The minimum atomic E-state index is -1.16. The van der Waals surface area contributed by atoms with Gasteiger partial charge in [0.25, 0.3) is 0 Å². The van der Waals surface area contributed by atoms with Crippen LogP contribution >= 0.6 is 0 Å². The number of rotatable bonds is 3. The molecule has 2 aromatic rings. The SMILES string of the molecule is C=CC(=C)C1=C2NC3C(c4ccc5cccc(c5c42)C1(C)C)C3(O)OC. The van der Waals surface area contributed by atoms with Crippen LogP contribution in [0.4, 0.5) is 0 Å². The van der Waals surface area contributed by atoms with Gasteiger partial charge >= 0.3 is 0 Å². The van der Waals surface area contributed by atoms with E-state index in [1.165, 1.54) is 21.9 Å². The molecule has 0 spiro atoms. The summed E-state index contributed by atoms with van der Waals surface area (Å²) in [5.74, 6) is -1.21. The van der Waals surface area contributed by atoms with Crippen molar-refractivity contribution in [3.05, 3.63) is 77.4 Å². The van der Waals surface area contributed by atoms with Gasteiger partial charge < -0.3 is 15.2 Å². The molecule has 0 saturated heterocycles. The number of hydrogen-bond donors (Lipinski definition) is 2. The molecule has 0 radical (unpaired) electrons. The summed E-state index contributed by atoms with van der Waals surface area (Å²) in [6.45, 7) is 12.7. The van der Waals surface area contributed by atoms with Gasteiger partial charge in [0.1, 0.15) is 0 Å². The van der Waals surface area contributed by atoms with Gasteiger partial charge in [-0.15, -0.1) is 0 Å². The molecule has 2 N–H and O–H groups in total. The molecule has 0 amide bonds. The summed E-state index contributed by atoms with van der Waals surface area (Å²) in [5, 5.41) is 17.0. The first kappa shape index (κ1) is 15.9. The van der Waals surface area contributed by atoms with Crippen molar-refractivity contribution < 1.29 is 9.84 Å². The second-order valence-electron chi connectivity index (χ2n) is 8.09. The molecule has 5 rings (SSSR count). The summed E-state index contributed by atoms with van der Waals surface area (Å²) >= 11 is 0. The van der Waals surface area contributed by atoms with Crippen LogP contribution < -0.4 is 5.32 Å². The molecule has 2 aromatic carbocycles. The summed E-state index contributed by atoms with van der Waals surface area (Å²) in [6.07, 6.45) is 1.82. The van der Waals surface area contributed by atoms with Gasteiger partial charge in [0, 0.05) is 23.8 Å². The highest BCUT2D eigenvalue weighted by molar-refractivity contribution is 6.03. The van der Waals surface area contributed by atoms with Gasteiger partial charge in [-0.05, 0) is 33.0 Å². The second-order valence-corrected chi connectivity index (χ2v) is 8.09. The first-order valence-corrected chi connectivity index (χ1v) is 9.03. The predicted octanol–water partition coefficient (Wildman–Crippen LogP) is 3.99. The van der Waals surface area contributed by atoms with E-state index in [0.717, 1.165) is 22.4 Å². The zero-order valence-corrected chi connectivity index (χ0v) is 15.4. The fourth-order valence-electron chi connectivity index (χ4n) is 5.18. The zero-order chi connectivity index (χ0) is 18.4. The maximum absolute atomic E-state index is 10.9. The average molecular weight is 345 g/mol. The summed E-state index contributed by atoms with van der Waals surface area (Å²) in [7, 11) is 1.57. The molecule has 3 unspecified atom stereocenters. The van der Waals surface area contributed by atoms with E-state index in [1.54, 1.807) is 7.11 Å². The molecule has 3 atom stereocenters. The second kappa shape index (κ2) is 4.67. The van der Waals surface area contributed by atoms with Crippen molar-refractivity contribution in [3.8, 4) is 0 Å². The van der Waals surface area contributed by atoms with E-state index in [2.05, 4.69) is 62.7 Å². The molecule has 26 heavy (non-hydrogen) atoms. The fourth-order valence-corrected chi connectivity index (χ4v) is 5.18. The molecule has 3 heteroatoms. The van der Waals surface area contributed by atoms with Crippen LogP contribution in [0.25, 0.3) is 16.5 Å².